The van der Waals surface area contributed by atoms with Gasteiger partial charge < -0.3 is 15.4 Å². The molecule has 2 unspecified atom stereocenters. The molecule has 0 saturated heterocycles. The number of carbonyl (C=O) groups is 3. The van der Waals surface area contributed by atoms with Gasteiger partial charge in [0.05, 0.1) is 18.6 Å². The van der Waals surface area contributed by atoms with Gasteiger partial charge in [0.25, 0.3) is 0 Å². The molecule has 0 fully saturated rings. The summed E-state index contributed by atoms with van der Waals surface area (Å²) in [4.78, 5) is 34.3. The van der Waals surface area contributed by atoms with Gasteiger partial charge in [-0.25, -0.2) is 5.43 Å². The zero-order chi connectivity index (χ0) is 16.3. The standard InChI is InChI=1S/C14H28N4O3/c1-4-5-6-11(9-19)17-13(20)8-16-14(21)12(18-15)7-10(2)3/h9-12,18H,4-8,15H2,1-3H3,(H,16,21)(H,17,20). The first kappa shape index (κ1) is 19.5. The highest BCUT2D eigenvalue weighted by Crippen LogP contribution is 2.03. The van der Waals surface area contributed by atoms with Crippen molar-refractivity contribution in [3.8, 4) is 0 Å². The van der Waals surface area contributed by atoms with E-state index < -0.39 is 12.1 Å². The number of nitrogens with one attached hydrogen (secondary N) is 3. The summed E-state index contributed by atoms with van der Waals surface area (Å²) >= 11 is 0. The van der Waals surface area contributed by atoms with Crippen LogP contribution < -0.4 is 21.9 Å². The molecule has 0 aromatic rings. The molecular formula is C14H28N4O3. The third-order valence-electron chi connectivity index (χ3n) is 3.03. The predicted octanol–water partition coefficient (Wildman–Crippen LogP) is -0.145. The van der Waals surface area contributed by atoms with E-state index in [9.17, 15) is 14.4 Å². The van der Waals surface area contributed by atoms with Gasteiger partial charge in [0.1, 0.15) is 6.29 Å². The second-order valence-electron chi connectivity index (χ2n) is 5.52. The van der Waals surface area contributed by atoms with E-state index in [1.54, 1.807) is 0 Å². The van der Waals surface area contributed by atoms with Crippen LogP contribution in [-0.2, 0) is 14.4 Å². The smallest absolute Gasteiger partial charge is 0.239 e. The molecule has 0 aromatic heterocycles. The minimum atomic E-state index is -0.528. The third kappa shape index (κ3) is 9.14. The normalized spacial score (nSPS) is 13.6. The van der Waals surface area contributed by atoms with E-state index in [2.05, 4.69) is 16.1 Å². The van der Waals surface area contributed by atoms with E-state index in [1.165, 1.54) is 0 Å². The Morgan fingerprint density at radius 2 is 1.95 bits per heavy atom. The average Bonchev–Trinajstić information content (AvgIpc) is 2.46. The van der Waals surface area contributed by atoms with Gasteiger partial charge in [-0.3, -0.25) is 15.4 Å². The van der Waals surface area contributed by atoms with Crippen LogP contribution in [-0.4, -0.2) is 36.7 Å². The van der Waals surface area contributed by atoms with Crippen LogP contribution in [0.25, 0.3) is 0 Å². The Morgan fingerprint density at radius 1 is 1.29 bits per heavy atom. The maximum absolute atomic E-state index is 11.8. The Bertz CT molecular complexity index is 334. The molecule has 21 heavy (non-hydrogen) atoms. The van der Waals surface area contributed by atoms with E-state index in [4.69, 9.17) is 5.84 Å². The molecule has 122 valence electrons. The molecule has 5 N–H and O–H groups in total. The van der Waals surface area contributed by atoms with Gasteiger partial charge in [-0.05, 0) is 18.8 Å². The quantitative estimate of drug-likeness (QED) is 0.241. The zero-order valence-electron chi connectivity index (χ0n) is 13.1. The van der Waals surface area contributed by atoms with Crippen molar-refractivity contribution in [1.82, 2.24) is 16.1 Å². The topological polar surface area (TPSA) is 113 Å². The molecule has 0 radical (unpaired) electrons. The number of hydrogen-bond donors (Lipinski definition) is 4. The number of hydrogen-bond acceptors (Lipinski definition) is 5. The monoisotopic (exact) mass is 300 g/mol. The van der Waals surface area contributed by atoms with Crippen LogP contribution >= 0.6 is 0 Å². The minimum Gasteiger partial charge on any atom is -0.346 e. The number of carbonyl (C=O) groups excluding carboxylic acids is 3. The van der Waals surface area contributed by atoms with Gasteiger partial charge in [-0.2, -0.15) is 0 Å². The maximum atomic E-state index is 11.8. The van der Waals surface area contributed by atoms with Crippen LogP contribution in [0.5, 0.6) is 0 Å². The molecule has 0 aliphatic rings. The SMILES string of the molecule is CCCCC(C=O)NC(=O)CNC(=O)C(CC(C)C)NN. The second kappa shape index (κ2) is 11.2. The Balaban J connectivity index is 4.15. The third-order valence-corrected chi connectivity index (χ3v) is 3.03. The summed E-state index contributed by atoms with van der Waals surface area (Å²) in [5.74, 6) is 4.93. The fourth-order valence-electron chi connectivity index (χ4n) is 1.87. The fraction of sp³-hybridized carbons (Fsp3) is 0.786. The van der Waals surface area contributed by atoms with Crippen LogP contribution in [0.4, 0.5) is 0 Å². The van der Waals surface area contributed by atoms with Crippen molar-refractivity contribution < 1.29 is 14.4 Å². The van der Waals surface area contributed by atoms with Crippen molar-refractivity contribution in [2.24, 2.45) is 11.8 Å². The maximum Gasteiger partial charge on any atom is 0.239 e. The Hall–Kier alpha value is -1.47. The molecular weight excluding hydrogens is 272 g/mol. The Labute approximate surface area is 126 Å². The second-order valence-corrected chi connectivity index (χ2v) is 5.52. The van der Waals surface area contributed by atoms with Crippen LogP contribution in [0.15, 0.2) is 0 Å². The molecule has 0 saturated carbocycles. The summed E-state index contributed by atoms with van der Waals surface area (Å²) < 4.78 is 0. The molecule has 0 spiro atoms. The molecule has 0 heterocycles. The first-order valence-electron chi connectivity index (χ1n) is 7.43. The summed E-state index contributed by atoms with van der Waals surface area (Å²) in [5.41, 5.74) is 2.44. The van der Waals surface area contributed by atoms with Crippen molar-refractivity contribution in [1.29, 1.82) is 0 Å². The molecule has 0 aliphatic heterocycles. The van der Waals surface area contributed by atoms with Gasteiger partial charge in [-0.15, -0.1) is 0 Å². The molecule has 7 nitrogen and oxygen atoms in total. The summed E-state index contributed by atoms with van der Waals surface area (Å²) in [5, 5.41) is 5.10. The van der Waals surface area contributed by atoms with E-state index in [1.807, 2.05) is 20.8 Å². The Morgan fingerprint density at radius 3 is 2.43 bits per heavy atom. The van der Waals surface area contributed by atoms with E-state index in [0.717, 1.165) is 19.1 Å². The molecule has 0 aromatic carbocycles. The lowest BCUT2D eigenvalue weighted by Crippen LogP contribution is -2.50. The highest BCUT2D eigenvalue weighted by atomic mass is 16.2. The molecule has 0 rings (SSSR count). The summed E-state index contributed by atoms with van der Waals surface area (Å²) in [6.07, 6.45) is 3.73. The van der Waals surface area contributed by atoms with Gasteiger partial charge in [0.2, 0.25) is 11.8 Å². The zero-order valence-corrected chi connectivity index (χ0v) is 13.1. The van der Waals surface area contributed by atoms with Crippen molar-refractivity contribution in [3.05, 3.63) is 0 Å². The lowest BCUT2D eigenvalue weighted by atomic mass is 10.0. The number of amides is 2. The molecule has 2 atom stereocenters. The lowest BCUT2D eigenvalue weighted by Gasteiger charge is -2.18. The number of aldehydes is 1. The van der Waals surface area contributed by atoms with Gasteiger partial charge in [0, 0.05) is 0 Å². The van der Waals surface area contributed by atoms with Crippen LogP contribution in [0, 0.1) is 5.92 Å². The van der Waals surface area contributed by atoms with E-state index >= 15 is 0 Å². The first-order valence-corrected chi connectivity index (χ1v) is 7.43. The van der Waals surface area contributed by atoms with Gasteiger partial charge in [0.15, 0.2) is 0 Å². The molecule has 7 heteroatoms. The summed E-state index contributed by atoms with van der Waals surface area (Å²) in [7, 11) is 0. The van der Waals surface area contributed by atoms with Gasteiger partial charge >= 0.3 is 0 Å². The van der Waals surface area contributed by atoms with Crippen LogP contribution in [0.2, 0.25) is 0 Å². The highest BCUT2D eigenvalue weighted by Gasteiger charge is 2.19. The highest BCUT2D eigenvalue weighted by molar-refractivity contribution is 5.88. The number of nitrogens with two attached hydrogens (primary N) is 1. The first-order chi connectivity index (χ1) is 9.94. The summed E-state index contributed by atoms with van der Waals surface area (Å²) in [6.45, 7) is 5.81. The van der Waals surface area contributed by atoms with Crippen molar-refractivity contribution in [2.75, 3.05) is 6.54 Å². The molecule has 0 bridgehead atoms. The predicted molar refractivity (Wildman–Crippen MR) is 81.1 cm³/mol. The summed E-state index contributed by atoms with van der Waals surface area (Å²) in [6, 6.07) is -1.02. The average molecular weight is 300 g/mol. The lowest BCUT2D eigenvalue weighted by molar-refractivity contribution is -0.128. The van der Waals surface area contributed by atoms with E-state index in [-0.39, 0.29) is 18.4 Å². The number of rotatable bonds is 11. The molecule has 2 amide bonds. The minimum absolute atomic E-state index is 0.161. The number of hydrazine groups is 1. The largest absolute Gasteiger partial charge is 0.346 e. The molecule has 0 aliphatic carbocycles. The number of unbranched alkanes of at least 4 members (excludes halogenated alkanes) is 1. The van der Waals surface area contributed by atoms with Crippen LogP contribution in [0.1, 0.15) is 46.5 Å². The van der Waals surface area contributed by atoms with Crippen molar-refractivity contribution in [3.63, 3.8) is 0 Å². The van der Waals surface area contributed by atoms with Crippen molar-refractivity contribution in [2.45, 2.75) is 58.5 Å². The van der Waals surface area contributed by atoms with Crippen molar-refractivity contribution >= 4 is 18.1 Å². The van der Waals surface area contributed by atoms with E-state index in [0.29, 0.717) is 18.8 Å². The fourth-order valence-corrected chi connectivity index (χ4v) is 1.87. The van der Waals surface area contributed by atoms with Crippen LogP contribution in [0.3, 0.4) is 0 Å². The van der Waals surface area contributed by atoms with Gasteiger partial charge in [-0.1, -0.05) is 33.6 Å². The Kier molecular flexibility index (Phi) is 10.4.